The smallest absolute Gasteiger partial charge is 0.266 e. The SMILES string of the molecule is Cc1cc(O)c(-c2ccc(CS(C)(=O)=O)cc2)c2c1[nH]c(=O)c1sccc12. The van der Waals surface area contributed by atoms with Gasteiger partial charge in [-0.2, -0.15) is 0 Å². The first-order valence-electron chi connectivity index (χ1n) is 8.27. The Hall–Kier alpha value is -2.64. The molecule has 0 aliphatic carbocycles. The van der Waals surface area contributed by atoms with Gasteiger partial charge >= 0.3 is 0 Å². The molecule has 2 aromatic carbocycles. The van der Waals surface area contributed by atoms with Crippen LogP contribution in [0.1, 0.15) is 11.1 Å². The van der Waals surface area contributed by atoms with Crippen molar-refractivity contribution in [2.75, 3.05) is 6.26 Å². The zero-order chi connectivity index (χ0) is 19.3. The van der Waals surface area contributed by atoms with E-state index in [4.69, 9.17) is 0 Å². The van der Waals surface area contributed by atoms with Crippen LogP contribution in [0.15, 0.2) is 46.6 Å². The van der Waals surface area contributed by atoms with Gasteiger partial charge in [0, 0.05) is 22.6 Å². The molecule has 27 heavy (non-hydrogen) atoms. The summed E-state index contributed by atoms with van der Waals surface area (Å²) in [6.07, 6.45) is 1.20. The number of aromatic hydroxyl groups is 1. The highest BCUT2D eigenvalue weighted by molar-refractivity contribution is 7.89. The summed E-state index contributed by atoms with van der Waals surface area (Å²) in [7, 11) is -3.12. The molecular weight excluding hydrogens is 382 g/mol. The van der Waals surface area contributed by atoms with Gasteiger partial charge in [-0.05, 0) is 41.1 Å². The molecule has 2 N–H and O–H groups in total. The van der Waals surface area contributed by atoms with Crippen LogP contribution in [0.25, 0.3) is 32.1 Å². The van der Waals surface area contributed by atoms with Crippen molar-refractivity contribution in [3.05, 3.63) is 63.3 Å². The number of fused-ring (bicyclic) bond motifs is 3. The van der Waals surface area contributed by atoms with Crippen LogP contribution in [-0.4, -0.2) is 24.8 Å². The predicted octanol–water partition coefficient (Wildman–Crippen LogP) is 3.97. The fourth-order valence-electron chi connectivity index (χ4n) is 3.44. The third kappa shape index (κ3) is 3.13. The van der Waals surface area contributed by atoms with Gasteiger partial charge in [-0.1, -0.05) is 24.3 Å². The molecule has 0 saturated heterocycles. The monoisotopic (exact) mass is 399 g/mol. The van der Waals surface area contributed by atoms with Crippen molar-refractivity contribution >= 4 is 42.2 Å². The van der Waals surface area contributed by atoms with Crippen LogP contribution in [0.4, 0.5) is 0 Å². The Morgan fingerprint density at radius 2 is 1.85 bits per heavy atom. The summed E-state index contributed by atoms with van der Waals surface area (Å²) in [6, 6.07) is 10.6. The molecule has 4 aromatic rings. The van der Waals surface area contributed by atoms with Crippen molar-refractivity contribution in [2.45, 2.75) is 12.7 Å². The lowest BCUT2D eigenvalue weighted by molar-refractivity contribution is 0.477. The lowest BCUT2D eigenvalue weighted by atomic mass is 9.94. The molecule has 0 radical (unpaired) electrons. The van der Waals surface area contributed by atoms with E-state index in [0.29, 0.717) is 21.3 Å². The zero-order valence-electron chi connectivity index (χ0n) is 14.7. The van der Waals surface area contributed by atoms with Gasteiger partial charge in [0.15, 0.2) is 9.84 Å². The van der Waals surface area contributed by atoms with Gasteiger partial charge in [0.2, 0.25) is 0 Å². The molecule has 0 atom stereocenters. The molecule has 0 spiro atoms. The van der Waals surface area contributed by atoms with E-state index >= 15 is 0 Å². The van der Waals surface area contributed by atoms with E-state index in [0.717, 1.165) is 21.9 Å². The minimum Gasteiger partial charge on any atom is -0.507 e. The number of thiophene rings is 1. The summed E-state index contributed by atoms with van der Waals surface area (Å²) < 4.78 is 23.6. The number of phenols is 1. The van der Waals surface area contributed by atoms with E-state index in [-0.39, 0.29) is 17.1 Å². The Morgan fingerprint density at radius 1 is 1.15 bits per heavy atom. The van der Waals surface area contributed by atoms with E-state index in [2.05, 4.69) is 4.98 Å². The van der Waals surface area contributed by atoms with Crippen molar-refractivity contribution < 1.29 is 13.5 Å². The van der Waals surface area contributed by atoms with Crippen molar-refractivity contribution in [1.29, 1.82) is 0 Å². The molecule has 0 unspecified atom stereocenters. The fraction of sp³-hybridized carbons (Fsp3) is 0.150. The number of rotatable bonds is 3. The Kier molecular flexibility index (Phi) is 4.09. The second kappa shape index (κ2) is 6.21. The van der Waals surface area contributed by atoms with Gasteiger partial charge < -0.3 is 10.1 Å². The fourth-order valence-corrected chi connectivity index (χ4v) is 5.04. The van der Waals surface area contributed by atoms with Crippen molar-refractivity contribution in [2.24, 2.45) is 0 Å². The van der Waals surface area contributed by atoms with Crippen LogP contribution in [0, 0.1) is 6.92 Å². The van der Waals surface area contributed by atoms with E-state index < -0.39 is 9.84 Å². The van der Waals surface area contributed by atoms with E-state index in [1.165, 1.54) is 17.6 Å². The first-order chi connectivity index (χ1) is 12.7. The molecule has 0 saturated carbocycles. The van der Waals surface area contributed by atoms with Crippen LogP contribution in [0.2, 0.25) is 0 Å². The summed E-state index contributed by atoms with van der Waals surface area (Å²) in [5.74, 6) is 0.0890. The molecular formula is C20H17NO4S2. The number of pyridine rings is 1. The van der Waals surface area contributed by atoms with Crippen molar-refractivity contribution in [3.8, 4) is 16.9 Å². The Morgan fingerprint density at radius 3 is 2.52 bits per heavy atom. The van der Waals surface area contributed by atoms with Gasteiger partial charge in [0.05, 0.1) is 11.3 Å². The molecule has 2 aromatic heterocycles. The average molecular weight is 399 g/mol. The first kappa shape index (κ1) is 17.8. The molecule has 138 valence electrons. The highest BCUT2D eigenvalue weighted by Crippen LogP contribution is 2.41. The number of hydrogen-bond donors (Lipinski definition) is 2. The van der Waals surface area contributed by atoms with Gasteiger partial charge in [0.25, 0.3) is 5.56 Å². The van der Waals surface area contributed by atoms with Crippen molar-refractivity contribution in [3.63, 3.8) is 0 Å². The largest absolute Gasteiger partial charge is 0.507 e. The number of H-pyrrole nitrogens is 1. The molecule has 0 bridgehead atoms. The minimum atomic E-state index is -3.12. The maximum atomic E-state index is 12.4. The summed E-state index contributed by atoms with van der Waals surface area (Å²) in [6.45, 7) is 1.84. The predicted molar refractivity (Wildman–Crippen MR) is 110 cm³/mol. The second-order valence-electron chi connectivity index (χ2n) is 6.72. The summed E-state index contributed by atoms with van der Waals surface area (Å²) >= 11 is 1.36. The van der Waals surface area contributed by atoms with Crippen LogP contribution < -0.4 is 5.56 Å². The molecule has 0 aliphatic heterocycles. The van der Waals surface area contributed by atoms with Crippen LogP contribution in [-0.2, 0) is 15.6 Å². The van der Waals surface area contributed by atoms with Gasteiger partial charge in [0.1, 0.15) is 10.4 Å². The number of aromatic amines is 1. The lowest BCUT2D eigenvalue weighted by Crippen LogP contribution is -2.06. The number of hydrogen-bond acceptors (Lipinski definition) is 5. The summed E-state index contributed by atoms with van der Waals surface area (Å²) in [5, 5.41) is 14.1. The molecule has 0 fully saturated rings. The Labute approximate surface area is 159 Å². The molecule has 7 heteroatoms. The topological polar surface area (TPSA) is 87.2 Å². The van der Waals surface area contributed by atoms with Crippen LogP contribution in [0.5, 0.6) is 5.75 Å². The van der Waals surface area contributed by atoms with Gasteiger partial charge in [-0.15, -0.1) is 11.3 Å². The van der Waals surface area contributed by atoms with Crippen LogP contribution in [0.3, 0.4) is 0 Å². The number of phenolic OH excluding ortho intramolecular Hbond substituents is 1. The number of aryl methyl sites for hydroxylation is 1. The number of benzene rings is 2. The van der Waals surface area contributed by atoms with Gasteiger partial charge in [-0.25, -0.2) is 8.42 Å². The molecule has 2 heterocycles. The number of nitrogens with one attached hydrogen (secondary N) is 1. The highest BCUT2D eigenvalue weighted by atomic mass is 32.2. The normalized spacial score (nSPS) is 12.1. The number of sulfone groups is 1. The zero-order valence-corrected chi connectivity index (χ0v) is 16.4. The Balaban J connectivity index is 2.02. The van der Waals surface area contributed by atoms with E-state index in [1.54, 1.807) is 30.3 Å². The summed E-state index contributed by atoms with van der Waals surface area (Å²) in [4.78, 5) is 15.3. The molecule has 4 rings (SSSR count). The Bertz CT molecular complexity index is 1350. The maximum Gasteiger partial charge on any atom is 0.266 e. The first-order valence-corrected chi connectivity index (χ1v) is 11.2. The minimum absolute atomic E-state index is 0.0317. The second-order valence-corrected chi connectivity index (χ2v) is 9.78. The third-order valence-corrected chi connectivity index (χ3v) is 6.33. The lowest BCUT2D eigenvalue weighted by Gasteiger charge is -2.13. The van der Waals surface area contributed by atoms with E-state index in [1.807, 2.05) is 18.4 Å². The number of aromatic nitrogens is 1. The summed E-state index contributed by atoms with van der Waals surface area (Å²) in [5.41, 5.74) is 3.40. The van der Waals surface area contributed by atoms with Gasteiger partial charge in [-0.3, -0.25) is 4.79 Å². The average Bonchev–Trinajstić information content (AvgIpc) is 3.06. The molecule has 5 nitrogen and oxygen atoms in total. The standard InChI is InChI=1S/C20H17NO4S2/c1-11-9-15(22)16(13-5-3-12(4-6-13)10-27(2,24)25)17-14-7-8-26-19(14)20(23)21-18(11)17/h3-9,22H,10H2,1-2H3,(H,21,23). The highest BCUT2D eigenvalue weighted by Gasteiger charge is 2.17. The van der Waals surface area contributed by atoms with Crippen LogP contribution >= 0.6 is 11.3 Å². The van der Waals surface area contributed by atoms with Crippen molar-refractivity contribution in [1.82, 2.24) is 4.98 Å². The molecule has 0 aliphatic rings. The molecule has 0 amide bonds. The third-order valence-electron chi connectivity index (χ3n) is 4.55. The van der Waals surface area contributed by atoms with E-state index in [9.17, 15) is 18.3 Å². The quantitative estimate of drug-likeness (QED) is 0.546. The maximum absolute atomic E-state index is 12.4.